The lowest BCUT2D eigenvalue weighted by Gasteiger charge is -2.23. The normalized spacial score (nSPS) is 13.8. The van der Waals surface area contributed by atoms with E-state index in [1.54, 1.807) is 0 Å². The van der Waals surface area contributed by atoms with Gasteiger partial charge in [-0.1, -0.05) is 6.92 Å². The molecule has 0 bridgehead atoms. The van der Waals surface area contributed by atoms with E-state index in [-0.39, 0.29) is 17.6 Å². The van der Waals surface area contributed by atoms with Gasteiger partial charge in [0.1, 0.15) is 12.0 Å². The van der Waals surface area contributed by atoms with Crippen molar-refractivity contribution < 1.29 is 14.3 Å². The maximum Gasteiger partial charge on any atom is 0.321 e. The highest BCUT2D eigenvalue weighted by atomic mass is 35.5. The summed E-state index contributed by atoms with van der Waals surface area (Å²) in [6, 6.07) is 0. The molecule has 1 atom stereocenters. The van der Waals surface area contributed by atoms with Crippen LogP contribution in [0.25, 0.3) is 0 Å². The summed E-state index contributed by atoms with van der Waals surface area (Å²) in [4.78, 5) is 10.9. The van der Waals surface area contributed by atoms with Crippen molar-refractivity contribution in [1.29, 1.82) is 0 Å². The lowest BCUT2D eigenvalue weighted by Crippen LogP contribution is -2.29. The summed E-state index contributed by atoms with van der Waals surface area (Å²) < 4.78 is 10.6. The van der Waals surface area contributed by atoms with Crippen LogP contribution in [0.3, 0.4) is 0 Å². The van der Waals surface area contributed by atoms with Crippen molar-refractivity contribution in [1.82, 2.24) is 0 Å². The largest absolute Gasteiger partial charge is 0.459 e. The minimum Gasteiger partial charge on any atom is -0.459 e. The summed E-state index contributed by atoms with van der Waals surface area (Å²) in [5.74, 6) is -0.498. The van der Waals surface area contributed by atoms with Crippen molar-refractivity contribution in [3.63, 3.8) is 0 Å². The van der Waals surface area contributed by atoms with Gasteiger partial charge in [0.2, 0.25) is 0 Å². The van der Waals surface area contributed by atoms with Gasteiger partial charge in [-0.15, -0.1) is 11.6 Å². The monoisotopic (exact) mass is 222 g/mol. The second-order valence-corrected chi connectivity index (χ2v) is 4.34. The molecule has 14 heavy (non-hydrogen) atoms. The van der Waals surface area contributed by atoms with Crippen LogP contribution in [-0.4, -0.2) is 30.2 Å². The molecule has 4 heteroatoms. The highest BCUT2D eigenvalue weighted by molar-refractivity contribution is 6.26. The summed E-state index contributed by atoms with van der Waals surface area (Å²) in [6.45, 7) is 8.25. The van der Waals surface area contributed by atoms with Crippen LogP contribution < -0.4 is 0 Å². The first-order valence-corrected chi connectivity index (χ1v) is 5.32. The Balaban J connectivity index is 3.86. The molecule has 0 rings (SSSR count). The number of esters is 1. The van der Waals surface area contributed by atoms with Crippen LogP contribution in [-0.2, 0) is 14.3 Å². The number of alkyl halides is 1. The zero-order valence-corrected chi connectivity index (χ0v) is 10.1. The quantitative estimate of drug-likeness (QED) is 0.529. The Kier molecular flexibility index (Phi) is 6.12. The molecule has 0 aliphatic heterocycles. The molecule has 84 valence electrons. The van der Waals surface area contributed by atoms with E-state index in [2.05, 4.69) is 0 Å². The third-order valence-electron chi connectivity index (χ3n) is 1.56. The molecule has 3 nitrogen and oxygen atoms in total. The average molecular weight is 223 g/mol. The number of carbonyl (C=O) groups excluding carboxylic acids is 1. The maximum atomic E-state index is 10.9. The van der Waals surface area contributed by atoms with Gasteiger partial charge in [0.15, 0.2) is 0 Å². The van der Waals surface area contributed by atoms with Crippen molar-refractivity contribution in [3.05, 3.63) is 0 Å². The molecule has 0 aromatic heterocycles. The number of rotatable bonds is 5. The number of ether oxygens (including phenoxy) is 2. The molecule has 0 amide bonds. The van der Waals surface area contributed by atoms with E-state index >= 15 is 0 Å². The SMILES string of the molecule is CC[C@@H](COC(C)(C)C)OC(=O)CCl. The summed E-state index contributed by atoms with van der Waals surface area (Å²) in [5, 5.41) is 0. The van der Waals surface area contributed by atoms with E-state index in [9.17, 15) is 4.79 Å². The van der Waals surface area contributed by atoms with Crippen LogP contribution in [0.1, 0.15) is 34.1 Å². The molecule has 0 radical (unpaired) electrons. The number of carbonyl (C=O) groups is 1. The first-order chi connectivity index (χ1) is 6.39. The van der Waals surface area contributed by atoms with Gasteiger partial charge in [0.05, 0.1) is 12.2 Å². The number of hydrogen-bond acceptors (Lipinski definition) is 3. The van der Waals surface area contributed by atoms with Gasteiger partial charge in [-0.2, -0.15) is 0 Å². The first-order valence-electron chi connectivity index (χ1n) is 4.78. The fourth-order valence-electron chi connectivity index (χ4n) is 0.796. The Morgan fingerprint density at radius 2 is 2.00 bits per heavy atom. The summed E-state index contributed by atoms with van der Waals surface area (Å²) >= 11 is 5.33. The van der Waals surface area contributed by atoms with Gasteiger partial charge in [-0.05, 0) is 27.2 Å². The average Bonchev–Trinajstić information content (AvgIpc) is 2.10. The predicted molar refractivity (Wildman–Crippen MR) is 56.6 cm³/mol. The molecule has 0 aliphatic rings. The van der Waals surface area contributed by atoms with E-state index < -0.39 is 5.97 Å². The van der Waals surface area contributed by atoms with E-state index in [4.69, 9.17) is 21.1 Å². The predicted octanol–water partition coefficient (Wildman–Crippen LogP) is 2.36. The number of halogens is 1. The minimum absolute atomic E-state index is 0.105. The van der Waals surface area contributed by atoms with Crippen LogP contribution in [0.2, 0.25) is 0 Å². The lowest BCUT2D eigenvalue weighted by atomic mass is 10.2. The standard InChI is InChI=1S/C10H19ClO3/c1-5-8(14-9(12)6-11)7-13-10(2,3)4/h8H,5-7H2,1-4H3/t8-/m0/s1. The van der Waals surface area contributed by atoms with Gasteiger partial charge in [0, 0.05) is 0 Å². The van der Waals surface area contributed by atoms with Crippen molar-refractivity contribution in [3.8, 4) is 0 Å². The molecule has 0 spiro atoms. The number of hydrogen-bond donors (Lipinski definition) is 0. The molecule has 0 saturated heterocycles. The lowest BCUT2D eigenvalue weighted by molar-refractivity contribution is -0.152. The van der Waals surface area contributed by atoms with Crippen molar-refractivity contribution in [2.45, 2.75) is 45.8 Å². The summed E-state index contributed by atoms with van der Waals surface area (Å²) in [6.07, 6.45) is 0.541. The molecular weight excluding hydrogens is 204 g/mol. The van der Waals surface area contributed by atoms with Crippen LogP contribution in [0.4, 0.5) is 0 Å². The third-order valence-corrected chi connectivity index (χ3v) is 1.78. The van der Waals surface area contributed by atoms with Crippen molar-refractivity contribution in [2.24, 2.45) is 0 Å². The Bertz CT molecular complexity index is 175. The van der Waals surface area contributed by atoms with Gasteiger partial charge in [0.25, 0.3) is 0 Å². The van der Waals surface area contributed by atoms with Crippen molar-refractivity contribution in [2.75, 3.05) is 12.5 Å². The molecule has 0 saturated carbocycles. The Morgan fingerprint density at radius 3 is 2.36 bits per heavy atom. The zero-order valence-electron chi connectivity index (χ0n) is 9.30. The van der Waals surface area contributed by atoms with Gasteiger partial charge < -0.3 is 9.47 Å². The topological polar surface area (TPSA) is 35.5 Å². The summed E-state index contributed by atoms with van der Waals surface area (Å²) in [7, 11) is 0. The molecule has 0 aliphatic carbocycles. The van der Waals surface area contributed by atoms with E-state index in [0.29, 0.717) is 6.61 Å². The van der Waals surface area contributed by atoms with Crippen LogP contribution in [0.5, 0.6) is 0 Å². The fraction of sp³-hybridized carbons (Fsp3) is 0.900. The van der Waals surface area contributed by atoms with E-state index in [0.717, 1.165) is 6.42 Å². The van der Waals surface area contributed by atoms with Gasteiger partial charge in [-0.25, -0.2) is 0 Å². The van der Waals surface area contributed by atoms with Crippen molar-refractivity contribution >= 4 is 17.6 Å². The van der Waals surface area contributed by atoms with Crippen LogP contribution in [0, 0.1) is 0 Å². The molecule has 0 N–H and O–H groups in total. The Hall–Kier alpha value is -0.280. The third kappa shape index (κ3) is 7.15. The molecule has 0 aromatic carbocycles. The smallest absolute Gasteiger partial charge is 0.321 e. The Morgan fingerprint density at radius 1 is 1.43 bits per heavy atom. The highest BCUT2D eigenvalue weighted by Crippen LogP contribution is 2.10. The van der Waals surface area contributed by atoms with Crippen LogP contribution >= 0.6 is 11.6 Å². The fourth-order valence-corrected chi connectivity index (χ4v) is 0.859. The van der Waals surface area contributed by atoms with E-state index in [1.807, 2.05) is 27.7 Å². The van der Waals surface area contributed by atoms with Gasteiger partial charge >= 0.3 is 5.97 Å². The minimum atomic E-state index is -0.393. The Labute approximate surface area is 90.7 Å². The molecular formula is C10H19ClO3. The van der Waals surface area contributed by atoms with Crippen LogP contribution in [0.15, 0.2) is 0 Å². The second kappa shape index (κ2) is 6.25. The summed E-state index contributed by atoms with van der Waals surface area (Å²) in [5.41, 5.74) is -0.208. The highest BCUT2D eigenvalue weighted by Gasteiger charge is 2.16. The molecule has 0 unspecified atom stereocenters. The zero-order chi connectivity index (χ0) is 11.2. The maximum absolute atomic E-state index is 10.9. The molecule has 0 heterocycles. The van der Waals surface area contributed by atoms with E-state index in [1.165, 1.54) is 0 Å². The molecule has 0 fully saturated rings. The van der Waals surface area contributed by atoms with Gasteiger partial charge in [-0.3, -0.25) is 4.79 Å². The second-order valence-electron chi connectivity index (χ2n) is 4.08. The first kappa shape index (κ1) is 13.7. The molecule has 0 aromatic rings.